The van der Waals surface area contributed by atoms with Gasteiger partial charge in [-0.05, 0) is 30.3 Å². The number of fused-ring (bicyclic) bond motifs is 4. The van der Waals surface area contributed by atoms with Crippen molar-refractivity contribution in [3.63, 3.8) is 0 Å². The van der Waals surface area contributed by atoms with Gasteiger partial charge in [0, 0.05) is 23.2 Å². The quantitative estimate of drug-likeness (QED) is 0.412. The minimum atomic E-state index is 1.05. The Hall–Kier alpha value is -2.35. The molecule has 0 atom stereocenters. The Bertz CT molecular complexity index is 843. The molecule has 1 aromatic carbocycles. The van der Waals surface area contributed by atoms with Crippen molar-refractivity contribution in [1.29, 1.82) is 0 Å². The van der Waals surface area contributed by atoms with Gasteiger partial charge in [0.25, 0.3) is 0 Å². The normalized spacial score (nSPS) is 11.5. The first kappa shape index (κ1) is 8.76. The van der Waals surface area contributed by atoms with E-state index in [2.05, 4.69) is 40.9 Å². The van der Waals surface area contributed by atoms with Crippen LogP contribution >= 0.6 is 0 Å². The number of nitrogens with zero attached hydrogens (tertiary/aromatic N) is 2. The molecule has 80 valence electrons. The number of para-hydroxylation sites is 1. The summed E-state index contributed by atoms with van der Waals surface area (Å²) in [6, 6.07) is 16.7. The zero-order valence-electron chi connectivity index (χ0n) is 9.17. The van der Waals surface area contributed by atoms with E-state index in [4.69, 9.17) is 4.98 Å². The maximum atomic E-state index is 4.76. The Morgan fingerprint density at radius 1 is 0.824 bits per heavy atom. The lowest BCUT2D eigenvalue weighted by Gasteiger charge is -2.03. The molecule has 17 heavy (non-hydrogen) atoms. The number of benzene rings is 1. The molecule has 0 unspecified atom stereocenters. The van der Waals surface area contributed by atoms with Gasteiger partial charge >= 0.3 is 0 Å². The van der Waals surface area contributed by atoms with E-state index in [1.165, 1.54) is 10.8 Å². The molecule has 0 saturated carbocycles. The third-order valence-corrected chi connectivity index (χ3v) is 3.19. The molecule has 0 radical (unpaired) electrons. The molecule has 4 rings (SSSR count). The van der Waals surface area contributed by atoms with Crippen LogP contribution in [-0.2, 0) is 0 Å². The maximum absolute atomic E-state index is 4.76. The first-order chi connectivity index (χ1) is 8.42. The zero-order valence-corrected chi connectivity index (χ0v) is 9.17. The Balaban J connectivity index is 2.29. The summed E-state index contributed by atoms with van der Waals surface area (Å²) in [5.41, 5.74) is 3.28. The van der Waals surface area contributed by atoms with E-state index in [1.807, 2.05) is 24.4 Å². The second-order valence-electron chi connectivity index (χ2n) is 4.24. The largest absolute Gasteiger partial charge is 0.322 e. The van der Waals surface area contributed by atoms with E-state index >= 15 is 0 Å². The van der Waals surface area contributed by atoms with Crippen LogP contribution in [0.4, 0.5) is 0 Å². The summed E-state index contributed by atoms with van der Waals surface area (Å²) in [7, 11) is 0. The predicted octanol–water partition coefficient (Wildman–Crippen LogP) is 3.64. The van der Waals surface area contributed by atoms with Gasteiger partial charge in [0.2, 0.25) is 0 Å². The number of hydrogen-bond acceptors (Lipinski definition) is 1. The molecule has 2 nitrogen and oxygen atoms in total. The molecule has 0 N–H and O–H groups in total. The Morgan fingerprint density at radius 3 is 2.76 bits per heavy atom. The fraction of sp³-hybridized carbons (Fsp3) is 0. The molecule has 0 spiro atoms. The monoisotopic (exact) mass is 218 g/mol. The minimum Gasteiger partial charge on any atom is -0.322 e. The minimum absolute atomic E-state index is 1.05. The second kappa shape index (κ2) is 3.08. The molecule has 0 aliphatic heterocycles. The van der Waals surface area contributed by atoms with Crippen molar-refractivity contribution in [2.75, 3.05) is 0 Å². The summed E-state index contributed by atoms with van der Waals surface area (Å²) < 4.78 is 2.10. The molecule has 0 fully saturated rings. The first-order valence-electron chi connectivity index (χ1n) is 5.67. The molecular weight excluding hydrogens is 208 g/mol. The van der Waals surface area contributed by atoms with E-state index < -0.39 is 0 Å². The molecule has 3 aromatic heterocycles. The van der Waals surface area contributed by atoms with Gasteiger partial charge in [0.05, 0.1) is 16.6 Å². The summed E-state index contributed by atoms with van der Waals surface area (Å²) >= 11 is 0. The number of hydrogen-bond donors (Lipinski definition) is 0. The van der Waals surface area contributed by atoms with Crippen molar-refractivity contribution in [3.05, 3.63) is 60.9 Å². The van der Waals surface area contributed by atoms with Gasteiger partial charge in [-0.3, -0.25) is 0 Å². The van der Waals surface area contributed by atoms with E-state index in [9.17, 15) is 0 Å². The summed E-state index contributed by atoms with van der Waals surface area (Å²) in [6.45, 7) is 0. The molecule has 0 aliphatic rings. The second-order valence-corrected chi connectivity index (χ2v) is 4.24. The van der Waals surface area contributed by atoms with Crippen LogP contribution in [0.15, 0.2) is 60.9 Å². The summed E-state index contributed by atoms with van der Waals surface area (Å²) in [5, 5.41) is 2.38. The number of pyridine rings is 2. The van der Waals surface area contributed by atoms with Crippen LogP contribution in [0, 0.1) is 0 Å². The van der Waals surface area contributed by atoms with Crippen LogP contribution in [0.2, 0.25) is 0 Å². The lowest BCUT2D eigenvalue weighted by atomic mass is 10.1. The lowest BCUT2D eigenvalue weighted by molar-refractivity contribution is 1.21. The van der Waals surface area contributed by atoms with Crippen LogP contribution in [-0.4, -0.2) is 9.38 Å². The Morgan fingerprint density at radius 2 is 1.76 bits per heavy atom. The van der Waals surface area contributed by atoms with Crippen LogP contribution < -0.4 is 0 Å². The van der Waals surface area contributed by atoms with Crippen LogP contribution in [0.3, 0.4) is 0 Å². The fourth-order valence-electron chi connectivity index (χ4n) is 2.35. The third-order valence-electron chi connectivity index (χ3n) is 3.19. The van der Waals surface area contributed by atoms with Gasteiger partial charge in [-0.25, -0.2) is 4.98 Å². The summed E-state index contributed by atoms with van der Waals surface area (Å²) in [6.07, 6.45) is 4.12. The van der Waals surface area contributed by atoms with Gasteiger partial charge in [-0.2, -0.15) is 0 Å². The standard InChI is InChI=1S/C15H10N2/c1-2-5-13-11(4-1)10-12-7-9-17-8-3-6-14(17)15(12)16-13/h1-10H. The highest BCUT2D eigenvalue weighted by molar-refractivity contribution is 5.99. The fourth-order valence-corrected chi connectivity index (χ4v) is 2.35. The molecule has 2 heteroatoms. The van der Waals surface area contributed by atoms with E-state index in [1.54, 1.807) is 0 Å². The van der Waals surface area contributed by atoms with Crippen molar-refractivity contribution in [1.82, 2.24) is 9.38 Å². The first-order valence-corrected chi connectivity index (χ1v) is 5.67. The highest BCUT2D eigenvalue weighted by Crippen LogP contribution is 2.23. The van der Waals surface area contributed by atoms with Gasteiger partial charge in [0.1, 0.15) is 0 Å². The average Bonchev–Trinajstić information content (AvgIpc) is 2.85. The maximum Gasteiger partial charge on any atom is 0.0950 e. The van der Waals surface area contributed by atoms with Crippen molar-refractivity contribution in [2.24, 2.45) is 0 Å². The summed E-state index contributed by atoms with van der Waals surface area (Å²) in [5.74, 6) is 0. The third kappa shape index (κ3) is 1.18. The molecule has 0 bridgehead atoms. The SMILES string of the molecule is c1ccc2nc3c(ccn4cccc34)cc2c1. The topological polar surface area (TPSA) is 17.3 Å². The summed E-state index contributed by atoms with van der Waals surface area (Å²) in [4.78, 5) is 4.76. The van der Waals surface area contributed by atoms with Crippen molar-refractivity contribution in [2.45, 2.75) is 0 Å². The molecule has 0 saturated heterocycles. The van der Waals surface area contributed by atoms with Gasteiger partial charge < -0.3 is 4.40 Å². The number of rotatable bonds is 0. The van der Waals surface area contributed by atoms with E-state index in [-0.39, 0.29) is 0 Å². The zero-order chi connectivity index (χ0) is 11.2. The molecule has 0 aliphatic carbocycles. The van der Waals surface area contributed by atoms with Gasteiger partial charge in [-0.15, -0.1) is 0 Å². The lowest BCUT2D eigenvalue weighted by Crippen LogP contribution is -1.87. The molecule has 4 aromatic rings. The van der Waals surface area contributed by atoms with Gasteiger partial charge in [-0.1, -0.05) is 18.2 Å². The van der Waals surface area contributed by atoms with Crippen molar-refractivity contribution >= 4 is 27.3 Å². The van der Waals surface area contributed by atoms with Gasteiger partial charge in [0.15, 0.2) is 0 Å². The average molecular weight is 218 g/mol. The van der Waals surface area contributed by atoms with E-state index in [0.29, 0.717) is 0 Å². The highest BCUT2D eigenvalue weighted by atomic mass is 14.9. The van der Waals surface area contributed by atoms with Crippen LogP contribution in [0.1, 0.15) is 0 Å². The smallest absolute Gasteiger partial charge is 0.0950 e. The van der Waals surface area contributed by atoms with Crippen molar-refractivity contribution in [3.8, 4) is 0 Å². The van der Waals surface area contributed by atoms with Crippen LogP contribution in [0.25, 0.3) is 27.3 Å². The molecule has 3 heterocycles. The predicted molar refractivity (Wildman–Crippen MR) is 70.2 cm³/mol. The van der Waals surface area contributed by atoms with Crippen LogP contribution in [0.5, 0.6) is 0 Å². The Labute approximate surface area is 98.1 Å². The van der Waals surface area contributed by atoms with E-state index in [0.717, 1.165) is 16.6 Å². The Kier molecular flexibility index (Phi) is 1.59. The molecule has 0 amide bonds. The number of aromatic nitrogens is 2. The molecular formula is C15H10N2. The van der Waals surface area contributed by atoms with Crippen molar-refractivity contribution < 1.29 is 0 Å². The highest BCUT2D eigenvalue weighted by Gasteiger charge is 2.03.